The Kier molecular flexibility index (Phi) is 18.0. The van der Waals surface area contributed by atoms with Gasteiger partial charge in [-0.3, -0.25) is 33.6 Å². The monoisotopic (exact) mass is 1190 g/mol. The number of carbonyl (C=O) groups is 7. The van der Waals surface area contributed by atoms with Gasteiger partial charge in [0, 0.05) is 92.0 Å². The number of aliphatic carboxylic acids is 4. The number of amides is 2. The standard InChI is InChI=1S/C63H62N6O16S/c1-5-66(6-2)37-15-19-40-48(27-37)84-49-28-38(67(7-3)8-4)16-20-41(49)56(40)42-18-10-34(26-50(42)86)62(81)65-36-13-11-35(12-14-36)64-61(80)33-9-17-39(45(25-33)63(82)83)55-43-21-23-46(70)57(68(29-51(72)73)30-52(74)75)59(43)85-60-44(55)22-24-47(71)58(60)69(31-53(76)77)32-54(78)79/h9-10,15-28,35-36H,5-8,11-14,29-32H2,1-4H3,(H8,64,65,70,71,72,73,74,75,76,77,78,79,80,81,82,83)/p+1. The van der Waals surface area contributed by atoms with Gasteiger partial charge in [-0.25, -0.2) is 9.37 Å². The molecule has 22 nitrogen and oxygen atoms in total. The summed E-state index contributed by atoms with van der Waals surface area (Å²) in [5, 5.41) is 69.3. The predicted molar refractivity (Wildman–Crippen MR) is 325 cm³/mol. The Balaban J connectivity index is 0.975. The number of carboxylic acid groups (broad SMARTS) is 5. The van der Waals surface area contributed by atoms with Crippen molar-refractivity contribution in [3.8, 4) is 50.7 Å². The first kappa shape index (κ1) is 60.7. The molecule has 0 atom stereocenters. The van der Waals surface area contributed by atoms with Gasteiger partial charge < -0.3 is 64.8 Å². The van der Waals surface area contributed by atoms with E-state index in [9.17, 15) is 69.0 Å². The number of phenolic OH excluding ortho intramolecular Hbond substituents is 1. The lowest BCUT2D eigenvalue weighted by Gasteiger charge is -2.30. The quantitative estimate of drug-likeness (QED) is 0.0177. The smallest absolute Gasteiger partial charge is 0.336 e. The molecule has 0 radical (unpaired) electrons. The number of fused-ring (bicyclic) bond motifs is 4. The third-order valence-corrected chi connectivity index (χ3v) is 15.9. The molecule has 0 spiro atoms. The van der Waals surface area contributed by atoms with Gasteiger partial charge in [0.05, 0.1) is 11.6 Å². The molecule has 4 aromatic rings. The molecule has 3 aliphatic carbocycles. The molecule has 0 unspecified atom stereocenters. The van der Waals surface area contributed by atoms with E-state index in [1.54, 1.807) is 12.1 Å². The number of anilines is 3. The second-order valence-corrected chi connectivity index (χ2v) is 21.3. The van der Waals surface area contributed by atoms with Crippen LogP contribution in [0.2, 0.25) is 0 Å². The van der Waals surface area contributed by atoms with Gasteiger partial charge in [-0.2, -0.15) is 0 Å². The summed E-state index contributed by atoms with van der Waals surface area (Å²) in [4.78, 5) is 108. The minimum absolute atomic E-state index is 0.0641. The van der Waals surface area contributed by atoms with Gasteiger partial charge in [-0.15, -0.1) is 12.6 Å². The molecule has 0 aromatic heterocycles. The van der Waals surface area contributed by atoms with Crippen LogP contribution in [0, 0.1) is 0 Å². The number of nitrogens with one attached hydrogen (secondary N) is 2. The summed E-state index contributed by atoms with van der Waals surface area (Å²) < 4.78 is 15.2. The Morgan fingerprint density at radius 2 is 1.09 bits per heavy atom. The van der Waals surface area contributed by atoms with Crippen molar-refractivity contribution in [3.63, 3.8) is 0 Å². The van der Waals surface area contributed by atoms with Crippen molar-refractivity contribution in [2.75, 3.05) is 67.1 Å². The molecule has 2 amide bonds. The summed E-state index contributed by atoms with van der Waals surface area (Å²) in [7, 11) is 0. The number of carboxylic acids is 5. The summed E-state index contributed by atoms with van der Waals surface area (Å²) >= 11 is 4.97. The fourth-order valence-electron chi connectivity index (χ4n) is 11.6. The predicted octanol–water partition coefficient (Wildman–Crippen LogP) is 7.86. The summed E-state index contributed by atoms with van der Waals surface area (Å²) in [6, 6.07) is 25.5. The normalized spacial score (nSPS) is 14.0. The van der Waals surface area contributed by atoms with E-state index in [2.05, 4.69) is 84.2 Å². The Hall–Kier alpha value is -9.90. The van der Waals surface area contributed by atoms with Crippen LogP contribution in [0.3, 0.4) is 0 Å². The van der Waals surface area contributed by atoms with E-state index in [4.69, 9.17) is 21.5 Å². The zero-order valence-corrected chi connectivity index (χ0v) is 48.3. The van der Waals surface area contributed by atoms with Crippen molar-refractivity contribution < 1.29 is 73.0 Å². The third-order valence-electron chi connectivity index (χ3n) is 15.5. The number of nitrogens with zero attached hydrogens (tertiary/aromatic N) is 4. The maximum atomic E-state index is 14.0. The number of thiol groups is 1. The zero-order valence-electron chi connectivity index (χ0n) is 47.4. The van der Waals surface area contributed by atoms with Crippen LogP contribution >= 0.6 is 12.6 Å². The molecule has 5 aliphatic rings. The molecule has 1 fully saturated rings. The van der Waals surface area contributed by atoms with Crippen molar-refractivity contribution in [2.24, 2.45) is 0 Å². The van der Waals surface area contributed by atoms with E-state index in [0.29, 0.717) is 52.4 Å². The Morgan fingerprint density at radius 1 is 0.570 bits per heavy atom. The van der Waals surface area contributed by atoms with E-state index in [-0.39, 0.29) is 45.6 Å². The van der Waals surface area contributed by atoms with Crippen LogP contribution in [0.25, 0.3) is 66.8 Å². The molecular formula is C63H63N6O16S+. The van der Waals surface area contributed by atoms with Crippen molar-refractivity contribution >= 4 is 93.3 Å². The lowest BCUT2D eigenvalue weighted by atomic mass is 9.88. The molecule has 0 saturated heterocycles. The zero-order chi connectivity index (χ0) is 61.8. The molecule has 2 heterocycles. The fourth-order valence-corrected chi connectivity index (χ4v) is 11.9. The van der Waals surface area contributed by atoms with E-state index < -0.39 is 101 Å². The van der Waals surface area contributed by atoms with Crippen LogP contribution in [0.15, 0.2) is 116 Å². The number of carbonyl (C=O) groups excluding carboxylic acids is 2. The number of hydrogen-bond acceptors (Lipinski definition) is 15. The molecule has 9 rings (SSSR count). The molecule has 8 N–H and O–H groups in total. The van der Waals surface area contributed by atoms with Crippen LogP contribution in [0.5, 0.6) is 5.75 Å². The molecule has 0 bridgehead atoms. The Morgan fingerprint density at radius 3 is 1.64 bits per heavy atom. The van der Waals surface area contributed by atoms with Crippen LogP contribution in [-0.2, 0) is 19.2 Å². The highest BCUT2D eigenvalue weighted by Gasteiger charge is 2.33. The van der Waals surface area contributed by atoms with E-state index in [1.165, 1.54) is 24.3 Å². The number of rotatable bonds is 22. The van der Waals surface area contributed by atoms with Crippen molar-refractivity contribution in [1.82, 2.24) is 15.2 Å². The average molecular weight is 1190 g/mol. The Bertz CT molecular complexity index is 4070. The van der Waals surface area contributed by atoms with Gasteiger partial charge in [0.2, 0.25) is 10.8 Å². The van der Waals surface area contributed by atoms with Crippen molar-refractivity contribution in [3.05, 3.63) is 129 Å². The van der Waals surface area contributed by atoms with Gasteiger partial charge >= 0.3 is 29.8 Å². The van der Waals surface area contributed by atoms with E-state index >= 15 is 0 Å². The van der Waals surface area contributed by atoms with E-state index in [0.717, 1.165) is 82.4 Å². The summed E-state index contributed by atoms with van der Waals surface area (Å²) in [5.74, 6) is -9.17. The van der Waals surface area contributed by atoms with Crippen LogP contribution in [-0.4, -0.2) is 137 Å². The van der Waals surface area contributed by atoms with Crippen molar-refractivity contribution in [2.45, 2.75) is 70.4 Å². The average Bonchev–Trinajstić information content (AvgIpc) is 0.768. The number of aromatic carboxylic acids is 1. The fraction of sp³-hybridized carbons (Fsp3) is 0.286. The minimum Gasteiger partial charge on any atom is -0.506 e. The molecule has 446 valence electrons. The second kappa shape index (κ2) is 25.5. The maximum Gasteiger partial charge on any atom is 0.336 e. The largest absolute Gasteiger partial charge is 0.506 e. The summed E-state index contributed by atoms with van der Waals surface area (Å²) in [6.07, 6.45) is 1.90. The number of phenols is 1. The summed E-state index contributed by atoms with van der Waals surface area (Å²) in [5.41, 5.74) is 1.40. The lowest BCUT2D eigenvalue weighted by Crippen LogP contribution is -2.43. The van der Waals surface area contributed by atoms with E-state index in [1.807, 2.05) is 6.07 Å². The first-order valence-electron chi connectivity index (χ1n) is 27.9. The first-order valence-corrected chi connectivity index (χ1v) is 28.4. The molecule has 2 aliphatic heterocycles. The molecule has 23 heteroatoms. The Labute approximate surface area is 496 Å². The molecule has 4 aromatic carbocycles. The molecule has 1 saturated carbocycles. The lowest BCUT2D eigenvalue weighted by molar-refractivity contribution is -0.138. The highest BCUT2D eigenvalue weighted by Crippen LogP contribution is 2.49. The maximum absolute atomic E-state index is 14.0. The van der Waals surface area contributed by atoms with Crippen LogP contribution in [0.1, 0.15) is 84.5 Å². The van der Waals surface area contributed by atoms with Gasteiger partial charge in [0.15, 0.2) is 11.3 Å². The van der Waals surface area contributed by atoms with Gasteiger partial charge in [0.1, 0.15) is 67.7 Å². The van der Waals surface area contributed by atoms with Gasteiger partial charge in [0.25, 0.3) is 11.8 Å². The van der Waals surface area contributed by atoms with Crippen LogP contribution < -0.4 is 40.7 Å². The van der Waals surface area contributed by atoms with Crippen LogP contribution in [0.4, 0.5) is 17.1 Å². The van der Waals surface area contributed by atoms with Crippen molar-refractivity contribution in [1.29, 1.82) is 0 Å². The second-order valence-electron chi connectivity index (χ2n) is 20.8. The van der Waals surface area contributed by atoms with Gasteiger partial charge in [-0.1, -0.05) is 12.1 Å². The number of benzene rings is 6. The SMILES string of the molecule is CCN(CC)c1ccc2c(-c3ccc(C(=O)NC4CCC(NC(=O)c5ccc(-c6c7ccc(=O)c(N(CC(=O)O)CC(=O)O)c-7oc7c(N(CC(=O)O)CC(=O)O)c(O)ccc67)c(C(=O)O)c5)CC4)cc3S)c3ccc(=[N+](CC)CC)cc-3oc2c1. The topological polar surface area (TPSA) is 321 Å². The highest BCUT2D eigenvalue weighted by molar-refractivity contribution is 7.80. The first-order chi connectivity index (χ1) is 41.1. The summed E-state index contributed by atoms with van der Waals surface area (Å²) in [6.45, 7) is 7.62. The number of aromatic hydroxyl groups is 1. The van der Waals surface area contributed by atoms with Gasteiger partial charge in [-0.05, 0) is 131 Å². The third kappa shape index (κ3) is 12.5. The molecular weight excluding hydrogens is 1130 g/mol. The minimum atomic E-state index is -1.55. The number of hydrogen-bond donors (Lipinski definition) is 9. The highest BCUT2D eigenvalue weighted by atomic mass is 32.1. The molecule has 86 heavy (non-hydrogen) atoms.